The van der Waals surface area contributed by atoms with Crippen molar-refractivity contribution in [3.05, 3.63) is 47.0 Å². The zero-order valence-corrected chi connectivity index (χ0v) is 9.85. The van der Waals surface area contributed by atoms with Crippen molar-refractivity contribution < 1.29 is 0 Å². The summed E-state index contributed by atoms with van der Waals surface area (Å²) in [6.07, 6.45) is 1.35. The topological polar surface area (TPSA) is 25.8 Å². The van der Waals surface area contributed by atoms with Gasteiger partial charge in [-0.05, 0) is 12.1 Å². The standard InChI is InChI=1S/C10H6Cl2N2S/c11-9-8(10(12)14-6-13-9)15-7-4-2-1-3-5-7/h1-6H. The Morgan fingerprint density at radius 2 is 1.53 bits per heavy atom. The molecule has 76 valence electrons. The highest BCUT2D eigenvalue weighted by Gasteiger charge is 2.09. The molecule has 2 nitrogen and oxygen atoms in total. The molecule has 15 heavy (non-hydrogen) atoms. The summed E-state index contributed by atoms with van der Waals surface area (Å²) in [5, 5.41) is 0.757. The number of benzene rings is 1. The largest absolute Gasteiger partial charge is 0.223 e. The Balaban J connectivity index is 2.32. The fraction of sp³-hybridized carbons (Fsp3) is 0. The number of hydrogen-bond acceptors (Lipinski definition) is 3. The third-order valence-corrected chi connectivity index (χ3v) is 3.58. The molecule has 1 heterocycles. The van der Waals surface area contributed by atoms with Gasteiger partial charge in [-0.1, -0.05) is 53.2 Å². The lowest BCUT2D eigenvalue weighted by atomic mass is 10.4. The van der Waals surface area contributed by atoms with Crippen LogP contribution in [0.2, 0.25) is 10.3 Å². The molecule has 5 heteroatoms. The quantitative estimate of drug-likeness (QED) is 0.762. The van der Waals surface area contributed by atoms with Crippen molar-refractivity contribution in [3.63, 3.8) is 0 Å². The van der Waals surface area contributed by atoms with Crippen LogP contribution in [0.4, 0.5) is 0 Å². The smallest absolute Gasteiger partial charge is 0.147 e. The summed E-state index contributed by atoms with van der Waals surface area (Å²) in [6, 6.07) is 9.81. The number of rotatable bonds is 2. The van der Waals surface area contributed by atoms with Gasteiger partial charge >= 0.3 is 0 Å². The molecule has 0 spiro atoms. The van der Waals surface area contributed by atoms with Crippen molar-refractivity contribution in [3.8, 4) is 0 Å². The molecule has 0 aliphatic heterocycles. The van der Waals surface area contributed by atoms with E-state index in [4.69, 9.17) is 23.2 Å². The molecule has 0 aliphatic rings. The molecule has 0 saturated heterocycles. The zero-order valence-electron chi connectivity index (χ0n) is 7.52. The maximum Gasteiger partial charge on any atom is 0.147 e. The number of aromatic nitrogens is 2. The van der Waals surface area contributed by atoms with E-state index in [1.807, 2.05) is 30.3 Å². The average molecular weight is 257 g/mol. The van der Waals surface area contributed by atoms with Crippen LogP contribution >= 0.6 is 35.0 Å². The minimum atomic E-state index is 0.379. The summed E-state index contributed by atoms with van der Waals surface area (Å²) in [5.41, 5.74) is 0. The van der Waals surface area contributed by atoms with E-state index in [1.54, 1.807) is 0 Å². The first kappa shape index (κ1) is 10.7. The molecule has 0 saturated carbocycles. The first-order valence-electron chi connectivity index (χ1n) is 4.16. The van der Waals surface area contributed by atoms with Gasteiger partial charge in [0.15, 0.2) is 0 Å². The lowest BCUT2D eigenvalue weighted by Crippen LogP contribution is -1.85. The van der Waals surface area contributed by atoms with Gasteiger partial charge in [-0.3, -0.25) is 0 Å². The predicted octanol–water partition coefficient (Wildman–Crippen LogP) is 3.93. The van der Waals surface area contributed by atoms with Crippen molar-refractivity contribution in [1.82, 2.24) is 9.97 Å². The Labute approximate surface area is 102 Å². The molecular formula is C10H6Cl2N2S. The molecular weight excluding hydrogens is 251 g/mol. The van der Waals surface area contributed by atoms with Gasteiger partial charge in [-0.25, -0.2) is 9.97 Å². The van der Waals surface area contributed by atoms with Gasteiger partial charge in [0.25, 0.3) is 0 Å². The second-order valence-electron chi connectivity index (χ2n) is 2.70. The van der Waals surface area contributed by atoms with Crippen LogP contribution < -0.4 is 0 Å². The number of halogens is 2. The van der Waals surface area contributed by atoms with E-state index in [1.165, 1.54) is 18.1 Å². The Hall–Kier alpha value is -0.770. The minimum Gasteiger partial charge on any atom is -0.223 e. The summed E-state index contributed by atoms with van der Waals surface area (Å²) in [7, 11) is 0. The summed E-state index contributed by atoms with van der Waals surface area (Å²) < 4.78 is 0. The molecule has 0 aliphatic carbocycles. The van der Waals surface area contributed by atoms with Gasteiger partial charge in [0.1, 0.15) is 16.6 Å². The first-order chi connectivity index (χ1) is 7.27. The lowest BCUT2D eigenvalue weighted by molar-refractivity contribution is 1.10. The minimum absolute atomic E-state index is 0.379. The van der Waals surface area contributed by atoms with Crippen LogP contribution in [0, 0.1) is 0 Å². The Bertz CT molecular complexity index is 442. The molecule has 0 radical (unpaired) electrons. The molecule has 1 aromatic heterocycles. The van der Waals surface area contributed by atoms with Crippen molar-refractivity contribution in [2.45, 2.75) is 9.79 Å². The molecule has 1 aromatic carbocycles. The second-order valence-corrected chi connectivity index (χ2v) is 4.50. The first-order valence-corrected chi connectivity index (χ1v) is 5.73. The van der Waals surface area contributed by atoms with Crippen LogP contribution in [0.1, 0.15) is 0 Å². The Morgan fingerprint density at radius 1 is 0.933 bits per heavy atom. The second kappa shape index (κ2) is 4.84. The van der Waals surface area contributed by atoms with E-state index in [2.05, 4.69) is 9.97 Å². The summed E-state index contributed by atoms with van der Waals surface area (Å²) in [4.78, 5) is 9.51. The van der Waals surface area contributed by atoms with E-state index in [0.29, 0.717) is 15.2 Å². The molecule has 0 bridgehead atoms. The van der Waals surface area contributed by atoms with Gasteiger partial charge in [0, 0.05) is 4.90 Å². The molecule has 2 rings (SSSR count). The van der Waals surface area contributed by atoms with E-state index in [-0.39, 0.29) is 0 Å². The molecule has 2 aromatic rings. The van der Waals surface area contributed by atoms with Gasteiger partial charge < -0.3 is 0 Å². The SMILES string of the molecule is Clc1ncnc(Cl)c1Sc1ccccc1. The van der Waals surface area contributed by atoms with E-state index in [0.717, 1.165) is 4.90 Å². The third kappa shape index (κ3) is 2.62. The Morgan fingerprint density at radius 3 is 2.13 bits per heavy atom. The van der Waals surface area contributed by atoms with E-state index in [9.17, 15) is 0 Å². The third-order valence-electron chi connectivity index (χ3n) is 1.68. The maximum absolute atomic E-state index is 5.92. The summed E-state index contributed by atoms with van der Waals surface area (Å²) >= 11 is 13.3. The highest BCUT2D eigenvalue weighted by Crippen LogP contribution is 2.35. The van der Waals surface area contributed by atoms with Gasteiger partial charge in [-0.2, -0.15) is 0 Å². The van der Waals surface area contributed by atoms with E-state index < -0.39 is 0 Å². The van der Waals surface area contributed by atoms with Crippen LogP contribution in [0.3, 0.4) is 0 Å². The van der Waals surface area contributed by atoms with Crippen LogP contribution in [0.5, 0.6) is 0 Å². The average Bonchev–Trinajstić information content (AvgIpc) is 2.25. The highest BCUT2D eigenvalue weighted by atomic mass is 35.5. The van der Waals surface area contributed by atoms with Gasteiger partial charge in [0.2, 0.25) is 0 Å². The van der Waals surface area contributed by atoms with Crippen molar-refractivity contribution in [1.29, 1.82) is 0 Å². The lowest BCUT2D eigenvalue weighted by Gasteiger charge is -2.03. The predicted molar refractivity (Wildman–Crippen MR) is 62.6 cm³/mol. The normalized spacial score (nSPS) is 10.3. The Kier molecular flexibility index (Phi) is 3.46. The van der Waals surface area contributed by atoms with Crippen LogP contribution in [-0.4, -0.2) is 9.97 Å². The van der Waals surface area contributed by atoms with Crippen LogP contribution in [-0.2, 0) is 0 Å². The van der Waals surface area contributed by atoms with Gasteiger partial charge in [-0.15, -0.1) is 0 Å². The van der Waals surface area contributed by atoms with Gasteiger partial charge in [0.05, 0.1) is 4.90 Å². The summed E-state index contributed by atoms with van der Waals surface area (Å²) in [6.45, 7) is 0. The maximum atomic E-state index is 5.92. The molecule has 0 atom stereocenters. The fourth-order valence-electron chi connectivity index (χ4n) is 1.02. The van der Waals surface area contributed by atoms with Crippen LogP contribution in [0.15, 0.2) is 46.5 Å². The highest BCUT2D eigenvalue weighted by molar-refractivity contribution is 7.99. The molecule has 0 fully saturated rings. The van der Waals surface area contributed by atoms with E-state index >= 15 is 0 Å². The summed E-state index contributed by atoms with van der Waals surface area (Å²) in [5.74, 6) is 0. The fourth-order valence-corrected chi connectivity index (χ4v) is 2.37. The number of hydrogen-bond donors (Lipinski definition) is 0. The molecule has 0 unspecified atom stereocenters. The monoisotopic (exact) mass is 256 g/mol. The van der Waals surface area contributed by atoms with Crippen molar-refractivity contribution >= 4 is 35.0 Å². The molecule has 0 N–H and O–H groups in total. The zero-order chi connectivity index (χ0) is 10.7. The van der Waals surface area contributed by atoms with Crippen LogP contribution in [0.25, 0.3) is 0 Å². The van der Waals surface area contributed by atoms with Crippen molar-refractivity contribution in [2.24, 2.45) is 0 Å². The van der Waals surface area contributed by atoms with Crippen molar-refractivity contribution in [2.75, 3.05) is 0 Å². The number of nitrogens with zero attached hydrogens (tertiary/aromatic N) is 2. The molecule has 0 amide bonds.